The average Bonchev–Trinajstić information content (AvgIpc) is 2.99. The van der Waals surface area contributed by atoms with Crippen molar-refractivity contribution in [2.75, 3.05) is 6.26 Å². The van der Waals surface area contributed by atoms with Gasteiger partial charge in [0.15, 0.2) is 0 Å². The minimum absolute atomic E-state index is 0.0155. The Bertz CT molecular complexity index is 1070. The Balaban J connectivity index is 1.53. The number of alkyl halides is 2. The second-order valence-electron chi connectivity index (χ2n) is 8.67. The minimum Gasteiger partial charge on any atom is -0.256 e. The topological polar surface area (TPSA) is 59.1 Å². The Morgan fingerprint density at radius 2 is 2.00 bits per heavy atom. The summed E-state index contributed by atoms with van der Waals surface area (Å²) in [6.07, 6.45) is 6.90. The SMILES string of the molecule is CS(=O)(=O)N[C@@H]1C[C@@H]2CC(F)(F)CC[C@H]2[C@@H]1C=Cc1ccc(-c2cccc(F)c2)cn1. The second-order valence-corrected chi connectivity index (χ2v) is 10.5. The Labute approximate surface area is 180 Å². The van der Waals surface area contributed by atoms with E-state index in [0.29, 0.717) is 18.5 Å². The highest BCUT2D eigenvalue weighted by Crippen LogP contribution is 2.51. The molecule has 2 aliphatic carbocycles. The molecule has 0 spiro atoms. The first-order chi connectivity index (χ1) is 14.6. The normalized spacial score (nSPS) is 28.0. The molecule has 8 heteroatoms. The third-order valence-corrected chi connectivity index (χ3v) is 7.06. The molecule has 2 aliphatic rings. The Hall–Kier alpha value is -2.19. The molecule has 0 radical (unpaired) electrons. The maximum Gasteiger partial charge on any atom is 0.248 e. The summed E-state index contributed by atoms with van der Waals surface area (Å²) in [5, 5.41) is 0. The molecular formula is C23H25F3N2O2S. The van der Waals surface area contributed by atoms with Gasteiger partial charge in [-0.1, -0.05) is 24.3 Å². The molecule has 0 saturated heterocycles. The highest BCUT2D eigenvalue weighted by atomic mass is 32.2. The Kier molecular flexibility index (Phi) is 5.96. The van der Waals surface area contributed by atoms with Gasteiger partial charge in [-0.2, -0.15) is 0 Å². The summed E-state index contributed by atoms with van der Waals surface area (Å²) in [6.45, 7) is 0. The van der Waals surface area contributed by atoms with Crippen LogP contribution < -0.4 is 4.72 Å². The van der Waals surface area contributed by atoms with E-state index in [1.165, 1.54) is 12.1 Å². The molecule has 4 atom stereocenters. The van der Waals surface area contributed by atoms with E-state index in [1.54, 1.807) is 24.4 Å². The van der Waals surface area contributed by atoms with E-state index in [9.17, 15) is 21.6 Å². The van der Waals surface area contributed by atoms with Gasteiger partial charge in [-0.3, -0.25) is 4.98 Å². The number of hydrogen-bond donors (Lipinski definition) is 1. The monoisotopic (exact) mass is 450 g/mol. The third kappa shape index (κ3) is 5.36. The number of aromatic nitrogens is 1. The highest BCUT2D eigenvalue weighted by Gasteiger charge is 2.50. The number of nitrogens with zero attached hydrogens (tertiary/aromatic N) is 1. The van der Waals surface area contributed by atoms with E-state index < -0.39 is 22.0 Å². The Morgan fingerprint density at radius 1 is 1.19 bits per heavy atom. The number of benzene rings is 1. The number of halogens is 3. The van der Waals surface area contributed by atoms with Gasteiger partial charge in [0.25, 0.3) is 0 Å². The van der Waals surface area contributed by atoms with Crippen molar-refractivity contribution in [3.8, 4) is 11.1 Å². The number of fused-ring (bicyclic) bond motifs is 1. The molecule has 2 fully saturated rings. The van der Waals surface area contributed by atoms with E-state index in [2.05, 4.69) is 9.71 Å². The van der Waals surface area contributed by atoms with Crippen LogP contribution in [0.2, 0.25) is 0 Å². The van der Waals surface area contributed by atoms with Crippen LogP contribution in [-0.4, -0.2) is 31.6 Å². The number of hydrogen-bond acceptors (Lipinski definition) is 3. The molecular weight excluding hydrogens is 425 g/mol. The van der Waals surface area contributed by atoms with E-state index in [4.69, 9.17) is 0 Å². The maximum absolute atomic E-state index is 13.9. The highest BCUT2D eigenvalue weighted by molar-refractivity contribution is 7.88. The third-order valence-electron chi connectivity index (χ3n) is 6.32. The molecule has 1 heterocycles. The zero-order valence-electron chi connectivity index (χ0n) is 17.1. The van der Waals surface area contributed by atoms with Crippen molar-refractivity contribution in [1.82, 2.24) is 9.71 Å². The number of sulfonamides is 1. The van der Waals surface area contributed by atoms with Gasteiger partial charge >= 0.3 is 0 Å². The number of nitrogens with one attached hydrogen (secondary N) is 1. The maximum atomic E-state index is 13.9. The number of rotatable bonds is 5. The average molecular weight is 451 g/mol. The summed E-state index contributed by atoms with van der Waals surface area (Å²) in [7, 11) is -3.45. The lowest BCUT2D eigenvalue weighted by molar-refractivity contribution is -0.0659. The van der Waals surface area contributed by atoms with Crippen LogP contribution in [0.15, 0.2) is 48.7 Å². The molecule has 4 rings (SSSR count). The summed E-state index contributed by atoms with van der Waals surface area (Å²) in [4.78, 5) is 4.40. The zero-order chi connectivity index (χ0) is 22.2. The quantitative estimate of drug-likeness (QED) is 0.706. The summed E-state index contributed by atoms with van der Waals surface area (Å²) in [5.41, 5.74) is 2.17. The predicted octanol–water partition coefficient (Wildman–Crippen LogP) is 4.89. The molecule has 0 bridgehead atoms. The van der Waals surface area contributed by atoms with Crippen LogP contribution >= 0.6 is 0 Å². The molecule has 0 amide bonds. The van der Waals surface area contributed by atoms with Crippen molar-refractivity contribution < 1.29 is 21.6 Å². The predicted molar refractivity (Wildman–Crippen MR) is 114 cm³/mol. The lowest BCUT2D eigenvalue weighted by Gasteiger charge is -2.33. The van der Waals surface area contributed by atoms with Crippen LogP contribution in [0.3, 0.4) is 0 Å². The largest absolute Gasteiger partial charge is 0.256 e. The van der Waals surface area contributed by atoms with Gasteiger partial charge < -0.3 is 0 Å². The van der Waals surface area contributed by atoms with Crippen LogP contribution in [0.4, 0.5) is 13.2 Å². The van der Waals surface area contributed by atoms with Crippen LogP contribution in [0.25, 0.3) is 17.2 Å². The molecule has 2 aromatic rings. The molecule has 0 aliphatic heterocycles. The molecule has 166 valence electrons. The molecule has 1 N–H and O–H groups in total. The van der Waals surface area contributed by atoms with Crippen molar-refractivity contribution >= 4 is 16.1 Å². The van der Waals surface area contributed by atoms with Crippen LogP contribution in [0.5, 0.6) is 0 Å². The molecule has 4 nitrogen and oxygen atoms in total. The van der Waals surface area contributed by atoms with Crippen molar-refractivity contribution in [3.63, 3.8) is 0 Å². The fourth-order valence-corrected chi connectivity index (χ4v) is 5.83. The van der Waals surface area contributed by atoms with Crippen molar-refractivity contribution in [2.45, 2.75) is 37.6 Å². The fraction of sp³-hybridized carbons (Fsp3) is 0.435. The van der Waals surface area contributed by atoms with Gasteiger partial charge in [-0.25, -0.2) is 26.3 Å². The van der Waals surface area contributed by atoms with Crippen molar-refractivity contribution in [1.29, 1.82) is 0 Å². The van der Waals surface area contributed by atoms with E-state index in [1.807, 2.05) is 18.2 Å². The van der Waals surface area contributed by atoms with Gasteiger partial charge in [0.2, 0.25) is 15.9 Å². The molecule has 1 aromatic carbocycles. The van der Waals surface area contributed by atoms with Crippen molar-refractivity contribution in [2.24, 2.45) is 17.8 Å². The molecule has 0 unspecified atom stereocenters. The lowest BCUT2D eigenvalue weighted by atomic mass is 9.76. The Morgan fingerprint density at radius 3 is 2.68 bits per heavy atom. The van der Waals surface area contributed by atoms with Crippen LogP contribution in [0.1, 0.15) is 31.4 Å². The smallest absolute Gasteiger partial charge is 0.248 e. The van der Waals surface area contributed by atoms with E-state index in [-0.39, 0.29) is 36.4 Å². The second kappa shape index (κ2) is 8.39. The van der Waals surface area contributed by atoms with E-state index >= 15 is 0 Å². The standard InChI is InChI=1S/C23H25F3N2O2S/c1-31(29,30)28-22-12-17-13-23(25,26)10-9-20(17)21(22)8-7-19-6-5-16(14-27-19)15-3-2-4-18(24)11-15/h2-8,11,14,17,20-22,28H,9-10,12-13H2,1H3/t17-,20-,21+,22-/m1/s1. The van der Waals surface area contributed by atoms with Crippen LogP contribution in [0, 0.1) is 23.6 Å². The molecule has 2 saturated carbocycles. The summed E-state index contributed by atoms with van der Waals surface area (Å²) in [6, 6.07) is 9.49. The van der Waals surface area contributed by atoms with Gasteiger partial charge in [-0.15, -0.1) is 0 Å². The molecule has 31 heavy (non-hydrogen) atoms. The lowest BCUT2D eigenvalue weighted by Crippen LogP contribution is -2.37. The fourth-order valence-electron chi connectivity index (χ4n) is 5.03. The van der Waals surface area contributed by atoms with Crippen molar-refractivity contribution in [3.05, 3.63) is 60.2 Å². The first kappa shape index (κ1) is 22.0. The number of pyridine rings is 1. The van der Waals surface area contributed by atoms with Gasteiger partial charge in [0.05, 0.1) is 11.9 Å². The van der Waals surface area contributed by atoms with Gasteiger partial charge in [0, 0.05) is 30.6 Å². The summed E-state index contributed by atoms with van der Waals surface area (Å²) < 4.78 is 67.5. The van der Waals surface area contributed by atoms with E-state index in [0.717, 1.165) is 17.4 Å². The zero-order valence-corrected chi connectivity index (χ0v) is 18.0. The van der Waals surface area contributed by atoms with Crippen LogP contribution in [-0.2, 0) is 10.0 Å². The summed E-state index contributed by atoms with van der Waals surface area (Å²) in [5.74, 6) is -3.35. The molecule has 1 aromatic heterocycles. The minimum atomic E-state index is -3.45. The first-order valence-electron chi connectivity index (χ1n) is 10.3. The van der Waals surface area contributed by atoms with Gasteiger partial charge in [-0.05, 0) is 60.4 Å². The van der Waals surface area contributed by atoms with Gasteiger partial charge in [0.1, 0.15) is 5.82 Å². The summed E-state index contributed by atoms with van der Waals surface area (Å²) >= 11 is 0. The first-order valence-corrected chi connectivity index (χ1v) is 12.2.